The molecular weight excluding hydrogens is 258 g/mol. The first-order valence-corrected chi connectivity index (χ1v) is 7.74. The van der Waals surface area contributed by atoms with Crippen molar-refractivity contribution in [1.82, 2.24) is 15.2 Å². The van der Waals surface area contributed by atoms with Crippen LogP contribution in [0.15, 0.2) is 18.2 Å². The van der Waals surface area contributed by atoms with Gasteiger partial charge in [0.25, 0.3) is 0 Å². The van der Waals surface area contributed by atoms with Crippen LogP contribution in [0.3, 0.4) is 0 Å². The third-order valence-electron chi connectivity index (χ3n) is 4.14. The van der Waals surface area contributed by atoms with Gasteiger partial charge in [-0.2, -0.15) is 0 Å². The van der Waals surface area contributed by atoms with E-state index in [9.17, 15) is 0 Å². The monoisotopic (exact) mass is 279 g/mol. The lowest BCUT2D eigenvalue weighted by Crippen LogP contribution is -2.42. The predicted octanol–water partition coefficient (Wildman–Crippen LogP) is 2.70. The number of piperidine rings is 1. The molecule has 1 saturated carbocycles. The summed E-state index contributed by atoms with van der Waals surface area (Å²) in [7, 11) is 0. The maximum atomic E-state index is 5.92. The number of aromatic nitrogens is 1. The molecule has 2 heterocycles. The second-order valence-corrected chi connectivity index (χ2v) is 6.24. The van der Waals surface area contributed by atoms with Gasteiger partial charge in [0.15, 0.2) is 0 Å². The topological polar surface area (TPSA) is 28.2 Å². The van der Waals surface area contributed by atoms with E-state index in [1.807, 2.05) is 12.1 Å². The fraction of sp³-hybridized carbons (Fsp3) is 0.667. The van der Waals surface area contributed by atoms with E-state index in [0.29, 0.717) is 5.15 Å². The molecule has 0 atom stereocenters. The molecule has 0 bridgehead atoms. The summed E-state index contributed by atoms with van der Waals surface area (Å²) in [4.78, 5) is 6.84. The van der Waals surface area contributed by atoms with Crippen molar-refractivity contribution in [2.75, 3.05) is 19.6 Å². The van der Waals surface area contributed by atoms with Crippen LogP contribution >= 0.6 is 11.6 Å². The van der Waals surface area contributed by atoms with Crippen molar-refractivity contribution in [2.45, 2.75) is 38.3 Å². The molecule has 3 rings (SSSR count). The van der Waals surface area contributed by atoms with Crippen LogP contribution in [0, 0.1) is 5.92 Å². The molecule has 2 fully saturated rings. The van der Waals surface area contributed by atoms with Gasteiger partial charge in [-0.1, -0.05) is 17.7 Å². The van der Waals surface area contributed by atoms with Crippen LogP contribution in [0.5, 0.6) is 0 Å². The Morgan fingerprint density at radius 3 is 2.68 bits per heavy atom. The Morgan fingerprint density at radius 1 is 1.21 bits per heavy atom. The van der Waals surface area contributed by atoms with Crippen LogP contribution in [0.1, 0.15) is 31.4 Å². The minimum Gasteiger partial charge on any atom is -0.314 e. The van der Waals surface area contributed by atoms with Crippen molar-refractivity contribution in [3.63, 3.8) is 0 Å². The van der Waals surface area contributed by atoms with Crippen molar-refractivity contribution in [2.24, 2.45) is 5.92 Å². The number of nitrogens with zero attached hydrogens (tertiary/aromatic N) is 2. The summed E-state index contributed by atoms with van der Waals surface area (Å²) in [5.41, 5.74) is 1.08. The largest absolute Gasteiger partial charge is 0.314 e. The van der Waals surface area contributed by atoms with Gasteiger partial charge in [0.1, 0.15) is 5.15 Å². The molecule has 1 saturated heterocycles. The van der Waals surface area contributed by atoms with E-state index in [1.54, 1.807) is 0 Å². The van der Waals surface area contributed by atoms with Crippen LogP contribution in [-0.4, -0.2) is 35.6 Å². The molecule has 0 spiro atoms. The number of pyridine rings is 1. The number of hydrogen-bond donors (Lipinski definition) is 1. The Kier molecular flexibility index (Phi) is 4.36. The van der Waals surface area contributed by atoms with Crippen LogP contribution in [0.4, 0.5) is 0 Å². The van der Waals surface area contributed by atoms with Gasteiger partial charge >= 0.3 is 0 Å². The molecule has 0 amide bonds. The number of halogens is 1. The molecule has 0 unspecified atom stereocenters. The van der Waals surface area contributed by atoms with Gasteiger partial charge in [0.2, 0.25) is 0 Å². The maximum absolute atomic E-state index is 5.92. The SMILES string of the molecule is Clc1cccc(CN2CCC(NCC3CC3)CC2)n1. The highest BCUT2D eigenvalue weighted by Crippen LogP contribution is 2.28. The molecule has 0 aromatic carbocycles. The van der Waals surface area contributed by atoms with E-state index < -0.39 is 0 Å². The second kappa shape index (κ2) is 6.21. The molecule has 3 nitrogen and oxygen atoms in total. The molecular formula is C15H22ClN3. The molecule has 2 aliphatic rings. The highest BCUT2D eigenvalue weighted by Gasteiger charge is 2.24. The lowest BCUT2D eigenvalue weighted by molar-refractivity contribution is 0.188. The van der Waals surface area contributed by atoms with E-state index >= 15 is 0 Å². The summed E-state index contributed by atoms with van der Waals surface area (Å²) in [6.45, 7) is 4.49. The van der Waals surface area contributed by atoms with Crippen molar-refractivity contribution in [3.8, 4) is 0 Å². The smallest absolute Gasteiger partial charge is 0.129 e. The first-order valence-electron chi connectivity index (χ1n) is 7.37. The Labute approximate surface area is 120 Å². The van der Waals surface area contributed by atoms with Gasteiger partial charge in [-0.15, -0.1) is 0 Å². The van der Waals surface area contributed by atoms with E-state index in [1.165, 1.54) is 32.2 Å². The van der Waals surface area contributed by atoms with E-state index in [4.69, 9.17) is 11.6 Å². The van der Waals surface area contributed by atoms with Gasteiger partial charge in [-0.3, -0.25) is 4.90 Å². The normalized spacial score (nSPS) is 21.7. The van der Waals surface area contributed by atoms with Gasteiger partial charge in [-0.05, 0) is 50.3 Å². The van der Waals surface area contributed by atoms with Crippen molar-refractivity contribution >= 4 is 11.6 Å². The highest BCUT2D eigenvalue weighted by atomic mass is 35.5. The maximum Gasteiger partial charge on any atom is 0.129 e. The first kappa shape index (κ1) is 13.3. The number of rotatable bonds is 5. The average Bonchev–Trinajstić information content (AvgIpc) is 3.22. The van der Waals surface area contributed by atoms with Gasteiger partial charge < -0.3 is 5.32 Å². The molecule has 1 aliphatic heterocycles. The molecule has 1 aromatic rings. The second-order valence-electron chi connectivity index (χ2n) is 5.85. The molecule has 104 valence electrons. The van der Waals surface area contributed by atoms with Crippen molar-refractivity contribution in [3.05, 3.63) is 29.0 Å². The lowest BCUT2D eigenvalue weighted by Gasteiger charge is -2.32. The van der Waals surface area contributed by atoms with Crippen LogP contribution < -0.4 is 5.32 Å². The highest BCUT2D eigenvalue weighted by molar-refractivity contribution is 6.29. The molecule has 0 radical (unpaired) electrons. The third-order valence-corrected chi connectivity index (χ3v) is 4.35. The van der Waals surface area contributed by atoms with Gasteiger partial charge in [0.05, 0.1) is 5.69 Å². The first-order chi connectivity index (χ1) is 9.29. The molecule has 19 heavy (non-hydrogen) atoms. The quantitative estimate of drug-likeness (QED) is 0.840. The van der Waals surface area contributed by atoms with Crippen LogP contribution in [-0.2, 0) is 6.54 Å². The Morgan fingerprint density at radius 2 is 2.00 bits per heavy atom. The Balaban J connectivity index is 1.42. The Bertz CT molecular complexity index is 412. The fourth-order valence-corrected chi connectivity index (χ4v) is 2.90. The number of likely N-dealkylation sites (tertiary alicyclic amines) is 1. The lowest BCUT2D eigenvalue weighted by atomic mass is 10.0. The number of nitrogens with one attached hydrogen (secondary N) is 1. The zero-order chi connectivity index (χ0) is 13.1. The summed E-state index contributed by atoms with van der Waals surface area (Å²) < 4.78 is 0. The fourth-order valence-electron chi connectivity index (χ4n) is 2.72. The molecule has 1 N–H and O–H groups in total. The number of hydrogen-bond acceptors (Lipinski definition) is 3. The van der Waals surface area contributed by atoms with E-state index in [-0.39, 0.29) is 0 Å². The molecule has 1 aliphatic carbocycles. The van der Waals surface area contributed by atoms with Crippen molar-refractivity contribution in [1.29, 1.82) is 0 Å². The summed E-state index contributed by atoms with van der Waals surface area (Å²) in [5, 5.41) is 4.31. The summed E-state index contributed by atoms with van der Waals surface area (Å²) in [5.74, 6) is 0.980. The predicted molar refractivity (Wildman–Crippen MR) is 78.3 cm³/mol. The Hall–Kier alpha value is -0.640. The standard InChI is InChI=1S/C15H22ClN3/c16-15-3-1-2-14(18-15)11-19-8-6-13(7-9-19)17-10-12-4-5-12/h1-3,12-13,17H,4-11H2. The van der Waals surface area contributed by atoms with Crippen LogP contribution in [0.25, 0.3) is 0 Å². The molecule has 1 aromatic heterocycles. The third kappa shape index (κ3) is 4.16. The van der Waals surface area contributed by atoms with Gasteiger partial charge in [-0.25, -0.2) is 4.98 Å². The average molecular weight is 280 g/mol. The minimum absolute atomic E-state index is 0.596. The van der Waals surface area contributed by atoms with Crippen molar-refractivity contribution < 1.29 is 0 Å². The van der Waals surface area contributed by atoms with Gasteiger partial charge in [0, 0.05) is 25.7 Å². The zero-order valence-corrected chi connectivity index (χ0v) is 12.1. The summed E-state index contributed by atoms with van der Waals surface area (Å²) in [6, 6.07) is 6.60. The minimum atomic E-state index is 0.596. The zero-order valence-electron chi connectivity index (χ0n) is 11.3. The molecule has 4 heteroatoms. The van der Waals surface area contributed by atoms with E-state index in [2.05, 4.69) is 21.3 Å². The summed E-state index contributed by atoms with van der Waals surface area (Å²) >= 11 is 5.92. The summed E-state index contributed by atoms with van der Waals surface area (Å²) in [6.07, 6.45) is 5.39. The van der Waals surface area contributed by atoms with E-state index in [0.717, 1.165) is 37.3 Å². The van der Waals surface area contributed by atoms with Crippen LogP contribution in [0.2, 0.25) is 5.15 Å².